The molecule has 0 saturated heterocycles. The highest BCUT2D eigenvalue weighted by atomic mass is 32.2. The molecule has 39 heavy (non-hydrogen) atoms. The summed E-state index contributed by atoms with van der Waals surface area (Å²) in [6, 6.07) is 12.1. The fourth-order valence-electron chi connectivity index (χ4n) is 4.50. The third-order valence-corrected chi connectivity index (χ3v) is 8.74. The molecule has 0 bridgehead atoms. The third kappa shape index (κ3) is 6.50. The zero-order valence-corrected chi connectivity index (χ0v) is 24.8. The Morgan fingerprint density at radius 2 is 1.79 bits per heavy atom. The second-order valence-corrected chi connectivity index (χ2v) is 12.4. The van der Waals surface area contributed by atoms with Crippen molar-refractivity contribution in [2.75, 3.05) is 11.3 Å². The molecule has 0 spiro atoms. The predicted molar refractivity (Wildman–Crippen MR) is 158 cm³/mol. The van der Waals surface area contributed by atoms with Gasteiger partial charge in [-0.15, -0.1) is 11.3 Å². The Morgan fingerprint density at radius 1 is 1.05 bits per heavy atom. The van der Waals surface area contributed by atoms with E-state index in [0.29, 0.717) is 18.0 Å². The molecular weight excluding hydrogens is 532 g/mol. The van der Waals surface area contributed by atoms with Gasteiger partial charge in [-0.3, -0.25) is 4.72 Å². The van der Waals surface area contributed by atoms with Gasteiger partial charge in [-0.05, 0) is 55.5 Å². The number of ether oxygens (including phenoxy) is 1. The number of sulfonamides is 1. The molecule has 0 atom stereocenters. The largest absolute Gasteiger partial charge is 0.453 e. The maximum absolute atomic E-state index is 12.7. The van der Waals surface area contributed by atoms with Crippen molar-refractivity contribution in [1.82, 2.24) is 14.5 Å². The Labute approximate surface area is 234 Å². The lowest BCUT2D eigenvalue weighted by molar-refractivity contribution is 0.170. The Kier molecular flexibility index (Phi) is 9.07. The Morgan fingerprint density at radius 3 is 2.46 bits per heavy atom. The molecule has 0 radical (unpaired) electrons. The van der Waals surface area contributed by atoms with E-state index in [9.17, 15) is 13.2 Å². The van der Waals surface area contributed by atoms with E-state index in [2.05, 4.69) is 36.1 Å². The number of pyridine rings is 1. The number of carbonyl (C=O) groups excluding carboxylic acids is 1. The number of nitrogens with one attached hydrogen (secondary N) is 1. The Bertz CT molecular complexity index is 1570. The topological polar surface area (TPSA) is 103 Å². The molecule has 0 fully saturated rings. The van der Waals surface area contributed by atoms with E-state index in [4.69, 9.17) is 14.7 Å². The van der Waals surface area contributed by atoms with Crippen LogP contribution in [0.1, 0.15) is 67.6 Å². The fourth-order valence-corrected chi connectivity index (χ4v) is 6.70. The van der Waals surface area contributed by atoms with E-state index in [-0.39, 0.29) is 6.61 Å². The van der Waals surface area contributed by atoms with Crippen LogP contribution < -0.4 is 4.72 Å². The van der Waals surface area contributed by atoms with Gasteiger partial charge in [0.1, 0.15) is 16.3 Å². The summed E-state index contributed by atoms with van der Waals surface area (Å²) in [6.45, 7) is 10.9. The standard InChI is InChI=1S/C29H36N4O4S2/c1-6-9-15-37-29(34)39(35,36)32-28-24(17-23(38-28)10-7-2)22-13-11-21(12-14-22)18-33-25(8-3)31-26-19(4)16-20(5)30-27(26)33/h11-14,16-17,32H,6-10,15,18H2,1-5H3. The second kappa shape index (κ2) is 12.3. The quantitative estimate of drug-likeness (QED) is 0.154. The number of imidazole rings is 1. The molecule has 4 aromatic rings. The molecule has 0 aliphatic carbocycles. The first kappa shape index (κ1) is 28.8. The van der Waals surface area contributed by atoms with E-state index < -0.39 is 15.3 Å². The summed E-state index contributed by atoms with van der Waals surface area (Å²) in [5.74, 6) is 0.986. The number of unbranched alkanes of at least 4 members (excludes halogenated alkanes) is 1. The molecule has 0 aliphatic heterocycles. The first-order valence-electron chi connectivity index (χ1n) is 13.4. The van der Waals surface area contributed by atoms with Gasteiger partial charge in [-0.25, -0.2) is 14.8 Å². The van der Waals surface area contributed by atoms with Crippen LogP contribution in [-0.2, 0) is 34.1 Å². The molecule has 3 aromatic heterocycles. The monoisotopic (exact) mass is 568 g/mol. The number of aromatic nitrogens is 3. The molecule has 0 unspecified atom stereocenters. The van der Waals surface area contributed by atoms with Gasteiger partial charge in [0.15, 0.2) is 5.65 Å². The average Bonchev–Trinajstić information content (AvgIpc) is 3.45. The highest BCUT2D eigenvalue weighted by Gasteiger charge is 2.26. The molecule has 8 nitrogen and oxygen atoms in total. The van der Waals surface area contributed by atoms with Crippen molar-refractivity contribution in [1.29, 1.82) is 0 Å². The van der Waals surface area contributed by atoms with Gasteiger partial charge < -0.3 is 9.30 Å². The van der Waals surface area contributed by atoms with Crippen LogP contribution in [0.5, 0.6) is 0 Å². The van der Waals surface area contributed by atoms with Crippen molar-refractivity contribution < 1.29 is 17.9 Å². The average molecular weight is 569 g/mol. The van der Waals surface area contributed by atoms with Crippen LogP contribution in [0.3, 0.4) is 0 Å². The lowest BCUT2D eigenvalue weighted by atomic mass is 10.1. The lowest BCUT2D eigenvalue weighted by Crippen LogP contribution is -2.24. The fraction of sp³-hybridized carbons (Fsp3) is 0.414. The molecule has 10 heteroatoms. The first-order valence-corrected chi connectivity index (χ1v) is 15.7. The van der Waals surface area contributed by atoms with Crippen LogP contribution in [0.15, 0.2) is 36.4 Å². The summed E-state index contributed by atoms with van der Waals surface area (Å²) >= 11 is 1.35. The smallest absolute Gasteiger partial charge is 0.445 e. The number of rotatable bonds is 11. The van der Waals surface area contributed by atoms with Crippen molar-refractivity contribution in [3.8, 4) is 11.1 Å². The van der Waals surface area contributed by atoms with Crippen LogP contribution in [0.2, 0.25) is 0 Å². The number of fused-ring (bicyclic) bond motifs is 1. The van der Waals surface area contributed by atoms with Crippen molar-refractivity contribution in [3.05, 3.63) is 63.9 Å². The lowest BCUT2D eigenvalue weighted by Gasteiger charge is -2.11. The zero-order valence-electron chi connectivity index (χ0n) is 23.2. The Balaban J connectivity index is 1.62. The number of nitrogens with zero attached hydrogens (tertiary/aromatic N) is 3. The molecule has 208 valence electrons. The summed E-state index contributed by atoms with van der Waals surface area (Å²) in [4.78, 5) is 22.9. The van der Waals surface area contributed by atoms with Crippen molar-refractivity contribution in [2.24, 2.45) is 0 Å². The van der Waals surface area contributed by atoms with Crippen molar-refractivity contribution >= 4 is 42.8 Å². The molecule has 0 aliphatic rings. The van der Waals surface area contributed by atoms with Gasteiger partial charge in [0.25, 0.3) is 0 Å². The number of hydrogen-bond donors (Lipinski definition) is 1. The molecule has 0 amide bonds. The van der Waals surface area contributed by atoms with Gasteiger partial charge >= 0.3 is 15.3 Å². The van der Waals surface area contributed by atoms with Crippen molar-refractivity contribution in [2.45, 2.75) is 73.3 Å². The number of aryl methyl sites for hydroxylation is 4. The minimum absolute atomic E-state index is 0.0801. The molecule has 0 saturated carbocycles. The number of thiophene rings is 1. The van der Waals surface area contributed by atoms with E-state index in [1.54, 1.807) is 0 Å². The van der Waals surface area contributed by atoms with Crippen LogP contribution in [0, 0.1) is 13.8 Å². The zero-order chi connectivity index (χ0) is 28.2. The molecular formula is C29H36N4O4S2. The maximum Gasteiger partial charge on any atom is 0.445 e. The highest BCUT2D eigenvalue weighted by molar-refractivity contribution is 8.07. The summed E-state index contributed by atoms with van der Waals surface area (Å²) in [5, 5.41) is -0.830. The summed E-state index contributed by atoms with van der Waals surface area (Å²) in [7, 11) is -4.32. The van der Waals surface area contributed by atoms with E-state index in [1.807, 2.05) is 44.2 Å². The van der Waals surface area contributed by atoms with Gasteiger partial charge in [0.05, 0.1) is 13.2 Å². The number of carbonyl (C=O) groups is 1. The summed E-state index contributed by atoms with van der Waals surface area (Å²) in [5.41, 5.74) is 6.59. The second-order valence-electron chi connectivity index (χ2n) is 9.68. The minimum atomic E-state index is -4.32. The van der Waals surface area contributed by atoms with Gasteiger partial charge in [0.2, 0.25) is 0 Å². The number of anilines is 1. The maximum atomic E-state index is 12.7. The SMILES string of the molecule is CCCCOC(=O)S(=O)(=O)Nc1sc(CCC)cc1-c1ccc(Cn2c(CC)nc3c(C)cc(C)nc32)cc1. The number of hydrogen-bond acceptors (Lipinski definition) is 7. The van der Waals surface area contributed by atoms with Crippen LogP contribution in [0.4, 0.5) is 9.80 Å². The van der Waals surface area contributed by atoms with Gasteiger partial charge in [-0.1, -0.05) is 57.9 Å². The summed E-state index contributed by atoms with van der Waals surface area (Å²) in [6.07, 6.45) is 3.96. The van der Waals surface area contributed by atoms with Crippen molar-refractivity contribution in [3.63, 3.8) is 0 Å². The third-order valence-electron chi connectivity index (χ3n) is 6.47. The molecule has 4 rings (SSSR count). The highest BCUT2D eigenvalue weighted by Crippen LogP contribution is 2.38. The van der Waals surface area contributed by atoms with Crippen LogP contribution >= 0.6 is 11.3 Å². The van der Waals surface area contributed by atoms with E-state index in [1.165, 1.54) is 11.3 Å². The van der Waals surface area contributed by atoms with E-state index in [0.717, 1.165) is 75.5 Å². The van der Waals surface area contributed by atoms with Crippen LogP contribution in [0.25, 0.3) is 22.3 Å². The predicted octanol–water partition coefficient (Wildman–Crippen LogP) is 7.02. The van der Waals surface area contributed by atoms with E-state index >= 15 is 0 Å². The number of benzene rings is 1. The van der Waals surface area contributed by atoms with Gasteiger partial charge in [-0.2, -0.15) is 8.42 Å². The summed E-state index contributed by atoms with van der Waals surface area (Å²) < 4.78 is 35.0. The Hall–Kier alpha value is -3.24. The molecule has 3 heterocycles. The molecule has 1 aromatic carbocycles. The first-order chi connectivity index (χ1) is 18.7. The minimum Gasteiger partial charge on any atom is -0.453 e. The van der Waals surface area contributed by atoms with Gasteiger partial charge in [0, 0.05) is 22.6 Å². The normalized spacial score (nSPS) is 11.7. The molecule has 1 N–H and O–H groups in total. The van der Waals surface area contributed by atoms with Crippen LogP contribution in [-0.4, -0.2) is 34.9 Å².